The Kier molecular flexibility index (Phi) is 3.90. The van der Waals surface area contributed by atoms with Gasteiger partial charge >= 0.3 is 0 Å². The van der Waals surface area contributed by atoms with Crippen LogP contribution in [-0.4, -0.2) is 19.6 Å². The Balaban J connectivity index is 2.28. The standard InChI is InChI=1S/C15H21NO2/c1-10(2)11-4-5-14-13(8-11)12(6-7-18-14)9-15(17)16-3/h4-5,8,10,12H,6-7,9H2,1-3H3,(H,16,17). The van der Waals surface area contributed by atoms with E-state index in [0.29, 0.717) is 18.9 Å². The van der Waals surface area contributed by atoms with Crippen LogP contribution >= 0.6 is 0 Å². The van der Waals surface area contributed by atoms with Crippen LogP contribution in [0.25, 0.3) is 0 Å². The third-order valence-corrected chi connectivity index (χ3v) is 3.57. The minimum Gasteiger partial charge on any atom is -0.493 e. The van der Waals surface area contributed by atoms with Crippen LogP contribution in [0.2, 0.25) is 0 Å². The molecule has 3 heteroatoms. The number of hydrogen-bond acceptors (Lipinski definition) is 2. The van der Waals surface area contributed by atoms with Gasteiger partial charge in [-0.05, 0) is 35.4 Å². The van der Waals surface area contributed by atoms with Crippen molar-refractivity contribution in [3.05, 3.63) is 29.3 Å². The van der Waals surface area contributed by atoms with E-state index in [1.807, 2.05) is 6.07 Å². The van der Waals surface area contributed by atoms with Gasteiger partial charge in [0.05, 0.1) is 6.61 Å². The summed E-state index contributed by atoms with van der Waals surface area (Å²) >= 11 is 0. The molecule has 1 aromatic rings. The van der Waals surface area contributed by atoms with Gasteiger partial charge in [0.2, 0.25) is 5.91 Å². The van der Waals surface area contributed by atoms with Gasteiger partial charge in [-0.25, -0.2) is 0 Å². The van der Waals surface area contributed by atoms with Crippen LogP contribution in [0, 0.1) is 0 Å². The Labute approximate surface area is 109 Å². The molecule has 0 saturated heterocycles. The van der Waals surface area contributed by atoms with Crippen molar-refractivity contribution in [2.24, 2.45) is 0 Å². The molecule has 0 spiro atoms. The first-order chi connectivity index (χ1) is 8.61. The fraction of sp³-hybridized carbons (Fsp3) is 0.533. The largest absolute Gasteiger partial charge is 0.493 e. The second-order valence-corrected chi connectivity index (χ2v) is 5.16. The summed E-state index contributed by atoms with van der Waals surface area (Å²) < 4.78 is 5.67. The fourth-order valence-electron chi connectivity index (χ4n) is 2.38. The summed E-state index contributed by atoms with van der Waals surface area (Å²) in [6.07, 6.45) is 1.47. The first-order valence-electron chi connectivity index (χ1n) is 6.59. The Morgan fingerprint density at radius 2 is 2.28 bits per heavy atom. The van der Waals surface area contributed by atoms with E-state index in [2.05, 4.69) is 31.3 Å². The molecule has 1 atom stereocenters. The summed E-state index contributed by atoms with van der Waals surface area (Å²) in [7, 11) is 1.69. The molecule has 0 radical (unpaired) electrons. The third kappa shape index (κ3) is 2.66. The minimum absolute atomic E-state index is 0.0998. The van der Waals surface area contributed by atoms with E-state index in [0.717, 1.165) is 12.2 Å². The monoisotopic (exact) mass is 247 g/mol. The maximum atomic E-state index is 11.6. The number of nitrogens with one attached hydrogen (secondary N) is 1. The summed E-state index contributed by atoms with van der Waals surface area (Å²) in [5.41, 5.74) is 2.50. The number of ether oxygens (including phenoxy) is 1. The van der Waals surface area contributed by atoms with Crippen molar-refractivity contribution in [2.75, 3.05) is 13.7 Å². The zero-order chi connectivity index (χ0) is 13.1. The number of carbonyl (C=O) groups excluding carboxylic acids is 1. The SMILES string of the molecule is CNC(=O)CC1CCOc2ccc(C(C)C)cc21. The molecule has 1 unspecified atom stereocenters. The summed E-state index contributed by atoms with van der Waals surface area (Å²) in [4.78, 5) is 11.6. The molecule has 18 heavy (non-hydrogen) atoms. The van der Waals surface area contributed by atoms with E-state index in [1.54, 1.807) is 7.05 Å². The molecular weight excluding hydrogens is 226 g/mol. The van der Waals surface area contributed by atoms with Gasteiger partial charge in [0, 0.05) is 13.5 Å². The topological polar surface area (TPSA) is 38.3 Å². The average Bonchev–Trinajstić information content (AvgIpc) is 2.38. The second-order valence-electron chi connectivity index (χ2n) is 5.16. The predicted octanol–water partition coefficient (Wildman–Crippen LogP) is 2.81. The number of rotatable bonds is 3. The third-order valence-electron chi connectivity index (χ3n) is 3.57. The molecule has 98 valence electrons. The molecule has 0 aliphatic carbocycles. The van der Waals surface area contributed by atoms with Crippen molar-refractivity contribution in [1.82, 2.24) is 5.32 Å². The molecule has 1 aliphatic rings. The fourth-order valence-corrected chi connectivity index (χ4v) is 2.38. The van der Waals surface area contributed by atoms with Crippen LogP contribution in [0.5, 0.6) is 5.75 Å². The maximum Gasteiger partial charge on any atom is 0.220 e. The maximum absolute atomic E-state index is 11.6. The quantitative estimate of drug-likeness (QED) is 0.892. The second kappa shape index (κ2) is 5.42. The molecule has 2 rings (SSSR count). The summed E-state index contributed by atoms with van der Waals surface area (Å²) in [5.74, 6) is 1.83. The van der Waals surface area contributed by atoms with E-state index in [1.165, 1.54) is 11.1 Å². The van der Waals surface area contributed by atoms with Crippen LogP contribution in [-0.2, 0) is 4.79 Å². The lowest BCUT2D eigenvalue weighted by molar-refractivity contribution is -0.121. The Morgan fingerprint density at radius 3 is 2.94 bits per heavy atom. The van der Waals surface area contributed by atoms with E-state index in [4.69, 9.17) is 4.74 Å². The highest BCUT2D eigenvalue weighted by Gasteiger charge is 2.24. The van der Waals surface area contributed by atoms with Crippen molar-refractivity contribution in [1.29, 1.82) is 0 Å². The Hall–Kier alpha value is -1.51. The van der Waals surface area contributed by atoms with Crippen LogP contribution in [0.4, 0.5) is 0 Å². The molecule has 1 amide bonds. The van der Waals surface area contributed by atoms with Gasteiger partial charge in [-0.3, -0.25) is 4.79 Å². The smallest absolute Gasteiger partial charge is 0.220 e. The molecule has 3 nitrogen and oxygen atoms in total. The van der Waals surface area contributed by atoms with Gasteiger partial charge in [-0.2, -0.15) is 0 Å². The van der Waals surface area contributed by atoms with Crippen LogP contribution < -0.4 is 10.1 Å². The zero-order valence-corrected chi connectivity index (χ0v) is 11.3. The van der Waals surface area contributed by atoms with E-state index in [-0.39, 0.29) is 11.8 Å². The van der Waals surface area contributed by atoms with Gasteiger partial charge < -0.3 is 10.1 Å². The van der Waals surface area contributed by atoms with Gasteiger partial charge in [-0.15, -0.1) is 0 Å². The number of fused-ring (bicyclic) bond motifs is 1. The molecule has 0 aromatic heterocycles. The Bertz CT molecular complexity index is 440. The van der Waals surface area contributed by atoms with Gasteiger partial charge in [-0.1, -0.05) is 26.0 Å². The number of amides is 1. The molecule has 1 aromatic carbocycles. The molecule has 1 heterocycles. The highest BCUT2D eigenvalue weighted by atomic mass is 16.5. The van der Waals surface area contributed by atoms with Crippen LogP contribution in [0.3, 0.4) is 0 Å². The number of carbonyl (C=O) groups is 1. The van der Waals surface area contributed by atoms with Crippen LogP contribution in [0.1, 0.15) is 49.7 Å². The van der Waals surface area contributed by atoms with E-state index < -0.39 is 0 Å². The molecule has 0 saturated carbocycles. The first-order valence-corrected chi connectivity index (χ1v) is 6.59. The lowest BCUT2D eigenvalue weighted by Crippen LogP contribution is -2.23. The number of benzene rings is 1. The predicted molar refractivity (Wildman–Crippen MR) is 72.1 cm³/mol. The zero-order valence-electron chi connectivity index (χ0n) is 11.3. The lowest BCUT2D eigenvalue weighted by Gasteiger charge is -2.26. The highest BCUT2D eigenvalue weighted by molar-refractivity contribution is 5.76. The Morgan fingerprint density at radius 1 is 1.50 bits per heavy atom. The average molecular weight is 247 g/mol. The normalized spacial score (nSPS) is 18.1. The molecular formula is C15H21NO2. The van der Waals surface area contributed by atoms with E-state index >= 15 is 0 Å². The van der Waals surface area contributed by atoms with Gasteiger partial charge in [0.1, 0.15) is 5.75 Å². The lowest BCUT2D eigenvalue weighted by atomic mass is 9.87. The molecule has 1 aliphatic heterocycles. The number of hydrogen-bond donors (Lipinski definition) is 1. The van der Waals surface area contributed by atoms with Crippen molar-refractivity contribution in [3.8, 4) is 5.75 Å². The van der Waals surface area contributed by atoms with Crippen molar-refractivity contribution in [2.45, 2.75) is 38.5 Å². The summed E-state index contributed by atoms with van der Waals surface area (Å²) in [6, 6.07) is 6.36. The van der Waals surface area contributed by atoms with E-state index in [9.17, 15) is 4.79 Å². The first kappa shape index (κ1) is 12.9. The van der Waals surface area contributed by atoms with Crippen molar-refractivity contribution >= 4 is 5.91 Å². The summed E-state index contributed by atoms with van der Waals surface area (Å²) in [6.45, 7) is 5.06. The van der Waals surface area contributed by atoms with Crippen molar-refractivity contribution < 1.29 is 9.53 Å². The van der Waals surface area contributed by atoms with Gasteiger partial charge in [0.15, 0.2) is 0 Å². The van der Waals surface area contributed by atoms with Crippen molar-refractivity contribution in [3.63, 3.8) is 0 Å². The molecule has 0 fully saturated rings. The molecule has 0 bridgehead atoms. The van der Waals surface area contributed by atoms with Gasteiger partial charge in [0.25, 0.3) is 0 Å². The minimum atomic E-state index is 0.0998. The molecule has 1 N–H and O–H groups in total. The van der Waals surface area contributed by atoms with Crippen LogP contribution in [0.15, 0.2) is 18.2 Å². The summed E-state index contributed by atoms with van der Waals surface area (Å²) in [5, 5.41) is 2.70. The highest BCUT2D eigenvalue weighted by Crippen LogP contribution is 2.37.